The molecule has 0 bridgehead atoms. The van der Waals surface area contributed by atoms with Crippen molar-refractivity contribution in [3.63, 3.8) is 0 Å². The van der Waals surface area contributed by atoms with Crippen LogP contribution >= 0.6 is 0 Å². The van der Waals surface area contributed by atoms with Crippen LogP contribution in [0.5, 0.6) is 23.0 Å². The van der Waals surface area contributed by atoms with E-state index < -0.39 is 16.2 Å². The number of benzene rings is 10. The topological polar surface area (TPSA) is 21.7 Å². The minimum absolute atomic E-state index is 0.115. The van der Waals surface area contributed by atoms with Gasteiger partial charge < -0.3 is 14.4 Å². The highest BCUT2D eigenvalue weighted by molar-refractivity contribution is 5.94. The number of para-hydroxylation sites is 3. The van der Waals surface area contributed by atoms with E-state index in [0.29, 0.717) is 11.8 Å². The number of hydrogen-bond acceptors (Lipinski definition) is 3. The van der Waals surface area contributed by atoms with Crippen LogP contribution in [0.3, 0.4) is 0 Å². The Hall–Kier alpha value is -9.44. The molecule has 10 aromatic rings. The van der Waals surface area contributed by atoms with Crippen LogP contribution in [0.15, 0.2) is 278 Å². The SMILES string of the molecule is CC1C=C(N(c2ccc3c(c2)C2(c4ccccc4O3)c3cc(C4CCCCC4)ccc3-c3ccc(C4CCCCC4)cc32)C2C=CC3=C(C2)C2(c4ccccc4Oc4ccccc42)c2ccccc23)C=C2C1c1ccccc1C2(c1ccccc1)c1ccccc1. The molecule has 3 atom stereocenters. The van der Waals surface area contributed by atoms with Crippen molar-refractivity contribution in [2.75, 3.05) is 4.90 Å². The van der Waals surface area contributed by atoms with Gasteiger partial charge in [-0.25, -0.2) is 0 Å². The Kier molecular flexibility index (Phi) is 12.1. The maximum atomic E-state index is 7.40. The first-order valence-corrected chi connectivity index (χ1v) is 34.1. The molecule has 3 unspecified atom stereocenters. The van der Waals surface area contributed by atoms with Crippen LogP contribution in [0.1, 0.15) is 173 Å². The minimum atomic E-state index is -0.655. The van der Waals surface area contributed by atoms with Crippen LogP contribution in [0.25, 0.3) is 16.7 Å². The van der Waals surface area contributed by atoms with Crippen LogP contribution in [0.2, 0.25) is 0 Å². The summed E-state index contributed by atoms with van der Waals surface area (Å²) in [4.78, 5) is 2.78. The van der Waals surface area contributed by atoms with E-state index in [4.69, 9.17) is 9.47 Å². The maximum Gasteiger partial charge on any atom is 0.132 e. The van der Waals surface area contributed by atoms with E-state index >= 15 is 0 Å². The van der Waals surface area contributed by atoms with Crippen molar-refractivity contribution in [1.82, 2.24) is 0 Å². The van der Waals surface area contributed by atoms with Gasteiger partial charge in [0.2, 0.25) is 0 Å². The summed E-state index contributed by atoms with van der Waals surface area (Å²) in [5, 5.41) is 0. The van der Waals surface area contributed by atoms with Crippen molar-refractivity contribution in [3.05, 3.63) is 356 Å². The van der Waals surface area contributed by atoms with E-state index in [0.717, 1.165) is 35.1 Å². The largest absolute Gasteiger partial charge is 0.457 e. The summed E-state index contributed by atoms with van der Waals surface area (Å²) in [6.45, 7) is 2.49. The van der Waals surface area contributed by atoms with E-state index in [-0.39, 0.29) is 17.9 Å². The van der Waals surface area contributed by atoms with Crippen molar-refractivity contribution < 1.29 is 9.47 Å². The Balaban J connectivity index is 0.872. The zero-order valence-corrected chi connectivity index (χ0v) is 51.8. The molecule has 2 spiro atoms. The summed E-state index contributed by atoms with van der Waals surface area (Å²) in [6.07, 6.45) is 23.9. The highest BCUT2D eigenvalue weighted by Crippen LogP contribution is 2.67. The second kappa shape index (κ2) is 20.5. The number of ether oxygens (including phenoxy) is 2. The second-order valence-corrected chi connectivity index (χ2v) is 27.7. The van der Waals surface area contributed by atoms with Crippen LogP contribution in [0.4, 0.5) is 5.69 Å². The third-order valence-electron chi connectivity index (χ3n) is 23.3. The first-order chi connectivity index (χ1) is 45.0. The second-order valence-electron chi connectivity index (χ2n) is 27.7. The van der Waals surface area contributed by atoms with Crippen molar-refractivity contribution in [3.8, 4) is 34.1 Å². The highest BCUT2D eigenvalue weighted by atomic mass is 16.5. The van der Waals surface area contributed by atoms with Gasteiger partial charge in [0.1, 0.15) is 23.0 Å². The Morgan fingerprint density at radius 2 is 0.912 bits per heavy atom. The number of nitrogens with zero attached hydrogens (tertiary/aromatic N) is 1. The third-order valence-corrected chi connectivity index (χ3v) is 23.3. The van der Waals surface area contributed by atoms with Crippen molar-refractivity contribution in [2.45, 2.75) is 118 Å². The fourth-order valence-corrected chi connectivity index (χ4v) is 19.7. The lowest BCUT2D eigenvalue weighted by Gasteiger charge is -2.45. The lowest BCUT2D eigenvalue weighted by molar-refractivity contribution is 0.430. The van der Waals surface area contributed by atoms with Gasteiger partial charge >= 0.3 is 0 Å². The highest BCUT2D eigenvalue weighted by Gasteiger charge is 2.57. The van der Waals surface area contributed by atoms with E-state index in [1.54, 1.807) is 0 Å². The molecule has 2 heterocycles. The fraction of sp³-hybridized carbons (Fsp3) is 0.227. The normalized spacial score (nSPS) is 21.3. The van der Waals surface area contributed by atoms with Gasteiger partial charge in [-0.3, -0.25) is 0 Å². The fourth-order valence-electron chi connectivity index (χ4n) is 19.7. The number of allylic oxidation sites excluding steroid dienone is 5. The lowest BCUT2D eigenvalue weighted by Crippen LogP contribution is -2.41. The third kappa shape index (κ3) is 7.49. The van der Waals surface area contributed by atoms with Gasteiger partial charge in [0, 0.05) is 39.6 Å². The van der Waals surface area contributed by atoms with Crippen LogP contribution in [-0.4, -0.2) is 6.04 Å². The molecular weight excluding hydrogens is 1100 g/mol. The van der Waals surface area contributed by atoms with Crippen LogP contribution < -0.4 is 14.4 Å². The van der Waals surface area contributed by atoms with Gasteiger partial charge in [0.05, 0.1) is 22.3 Å². The average Bonchev–Trinajstić information content (AvgIpc) is 1.58. The first-order valence-electron chi connectivity index (χ1n) is 34.1. The Labute approximate surface area is 535 Å². The molecular formula is C88H73NO2. The summed E-state index contributed by atoms with van der Waals surface area (Å²) in [6, 6.07) is 90.9. The number of rotatable bonds is 7. The molecule has 0 aromatic heterocycles. The molecule has 91 heavy (non-hydrogen) atoms. The van der Waals surface area contributed by atoms with Crippen molar-refractivity contribution in [1.29, 1.82) is 0 Å². The predicted octanol–water partition coefficient (Wildman–Crippen LogP) is 21.9. The zero-order valence-electron chi connectivity index (χ0n) is 51.8. The molecule has 0 saturated heterocycles. The quantitative estimate of drug-likeness (QED) is 0.159. The molecule has 0 amide bonds. The average molecular weight is 1180 g/mol. The van der Waals surface area contributed by atoms with E-state index in [1.165, 1.54) is 176 Å². The summed E-state index contributed by atoms with van der Waals surface area (Å²) < 4.78 is 14.4. The molecule has 0 N–H and O–H groups in total. The maximum absolute atomic E-state index is 7.40. The van der Waals surface area contributed by atoms with Gasteiger partial charge in [-0.05, 0) is 176 Å². The smallest absolute Gasteiger partial charge is 0.132 e. The molecule has 2 fully saturated rings. The van der Waals surface area contributed by atoms with Crippen LogP contribution in [0, 0.1) is 5.92 Å². The predicted molar refractivity (Wildman–Crippen MR) is 369 cm³/mol. The Morgan fingerprint density at radius 1 is 0.407 bits per heavy atom. The summed E-state index contributed by atoms with van der Waals surface area (Å²) in [7, 11) is 0. The van der Waals surface area contributed by atoms with Gasteiger partial charge in [0.15, 0.2) is 0 Å². The van der Waals surface area contributed by atoms with E-state index in [2.05, 4.69) is 273 Å². The molecule has 0 radical (unpaired) electrons. The number of anilines is 1. The van der Waals surface area contributed by atoms with Gasteiger partial charge in [-0.1, -0.05) is 264 Å². The Bertz CT molecular complexity index is 4600. The van der Waals surface area contributed by atoms with Gasteiger partial charge in [-0.2, -0.15) is 0 Å². The van der Waals surface area contributed by atoms with E-state index in [9.17, 15) is 0 Å². The van der Waals surface area contributed by atoms with Crippen molar-refractivity contribution >= 4 is 11.3 Å². The minimum Gasteiger partial charge on any atom is -0.457 e. The molecule has 10 aromatic carbocycles. The molecule has 2 aliphatic heterocycles. The standard InChI is InChI=1S/C88H73NO2/c1-56-50-65(55-80-85(56)70-33-15-17-35-72(70)86(80,61-28-10-4-11-29-61)62-30-12-5-13-31-62)89(63-44-48-69-66-32-14-16-34-71(66)87(78(69)53-63)73-36-18-21-39-81(73)90-82-40-22-19-37-74(82)87)64-45-49-84-79(54-64)88(75-38-20-23-41-83(75)91-84)76-51-59(57-24-6-2-7-25-57)42-46-67(76)68-47-43-60(52-77(68)88)58-26-8-3-9-27-58/h4-5,10-23,28-52,54-58,63,85H,2-3,6-9,24-27,53H2,1H3. The summed E-state index contributed by atoms with van der Waals surface area (Å²) in [5.74, 6) is 5.11. The molecule has 442 valence electrons. The molecule has 3 nitrogen and oxygen atoms in total. The molecule has 9 aliphatic rings. The van der Waals surface area contributed by atoms with Gasteiger partial charge in [-0.15, -0.1) is 0 Å². The molecule has 2 saturated carbocycles. The first kappa shape index (κ1) is 53.4. The Morgan fingerprint density at radius 3 is 1.51 bits per heavy atom. The molecule has 19 rings (SSSR count). The van der Waals surface area contributed by atoms with Crippen molar-refractivity contribution in [2.24, 2.45) is 5.92 Å². The van der Waals surface area contributed by atoms with Gasteiger partial charge in [0.25, 0.3) is 0 Å². The summed E-state index contributed by atoms with van der Waals surface area (Å²) in [5.41, 5.74) is 26.1. The van der Waals surface area contributed by atoms with E-state index in [1.807, 2.05) is 0 Å². The lowest BCUT2D eigenvalue weighted by atomic mass is 9.63. The molecule has 7 aliphatic carbocycles. The monoisotopic (exact) mass is 1180 g/mol. The number of hydrogen-bond donors (Lipinski definition) is 0. The number of fused-ring (bicyclic) bond motifs is 20. The zero-order chi connectivity index (χ0) is 60.0. The van der Waals surface area contributed by atoms with Crippen LogP contribution in [-0.2, 0) is 16.2 Å². The molecule has 3 heteroatoms. The summed E-state index contributed by atoms with van der Waals surface area (Å²) >= 11 is 0.